The quantitative estimate of drug-likeness (QED) is 0.696. The second-order valence-electron chi connectivity index (χ2n) is 3.98. The summed E-state index contributed by atoms with van der Waals surface area (Å²) in [6.07, 6.45) is -0.810. The number of halogens is 3. The Kier molecular flexibility index (Phi) is 3.22. The van der Waals surface area contributed by atoms with Crippen molar-refractivity contribution in [3.05, 3.63) is 60.2 Å². The number of hydrogen-bond donors (Lipinski definition) is 0. The van der Waals surface area contributed by atoms with E-state index in [-0.39, 0.29) is 0 Å². The van der Waals surface area contributed by atoms with E-state index < -0.39 is 13.3 Å². The van der Waals surface area contributed by atoms with Crippen LogP contribution in [0.25, 0.3) is 11.1 Å². The lowest BCUT2D eigenvalue weighted by molar-refractivity contribution is 0.468. The lowest BCUT2D eigenvalue weighted by Gasteiger charge is -2.13. The average Bonchev–Trinajstić information content (AvgIpc) is 2.29. The first-order valence-electron chi connectivity index (χ1n) is 5.40. The summed E-state index contributed by atoms with van der Waals surface area (Å²) >= 11 is 0. The Balaban J connectivity index is 2.19. The van der Waals surface area contributed by atoms with Crippen LogP contribution in [0.4, 0.5) is 12.9 Å². The molecule has 0 fully saturated rings. The minimum Gasteiger partial charge on any atom is -0.449 e. The summed E-state index contributed by atoms with van der Waals surface area (Å²) in [5.41, 5.74) is 2.26. The second-order valence-corrected chi connectivity index (χ2v) is 3.98. The molecule has 0 unspecified atom stereocenters. The number of benzene rings is 2. The van der Waals surface area contributed by atoms with Crippen molar-refractivity contribution in [1.82, 2.24) is 0 Å². The lowest BCUT2D eigenvalue weighted by Crippen LogP contribution is -2.19. The van der Waals surface area contributed by atoms with E-state index in [2.05, 4.69) is 0 Å². The molecule has 0 aliphatic rings. The van der Waals surface area contributed by atoms with Crippen LogP contribution in [0.3, 0.4) is 0 Å². The summed E-state index contributed by atoms with van der Waals surface area (Å²) in [6, 6.07) is 16.1. The van der Waals surface area contributed by atoms with Gasteiger partial charge in [0.15, 0.2) is 0 Å². The van der Waals surface area contributed by atoms with Crippen LogP contribution in [0, 0.1) is 0 Å². The van der Waals surface area contributed by atoms with Gasteiger partial charge in [-0.05, 0) is 11.1 Å². The second kappa shape index (κ2) is 4.66. The van der Waals surface area contributed by atoms with E-state index in [1.165, 1.54) is 12.1 Å². The van der Waals surface area contributed by atoms with E-state index in [0.29, 0.717) is 5.56 Å². The molecule has 2 rings (SSSR count). The van der Waals surface area contributed by atoms with E-state index in [4.69, 9.17) is 0 Å². The fourth-order valence-electron chi connectivity index (χ4n) is 1.73. The molecule has 0 saturated carbocycles. The zero-order valence-electron chi connectivity index (χ0n) is 9.11. The molecule has 0 amide bonds. The summed E-state index contributed by atoms with van der Waals surface area (Å²) < 4.78 is 36.7. The first-order chi connectivity index (χ1) is 8.04. The van der Waals surface area contributed by atoms with Gasteiger partial charge < -0.3 is 12.9 Å². The van der Waals surface area contributed by atoms with E-state index in [1.807, 2.05) is 30.3 Å². The van der Waals surface area contributed by atoms with Crippen LogP contribution in [0.5, 0.6) is 0 Å². The molecule has 4 heteroatoms. The third kappa shape index (κ3) is 3.38. The van der Waals surface area contributed by atoms with Crippen molar-refractivity contribution < 1.29 is 12.9 Å². The van der Waals surface area contributed by atoms with Crippen molar-refractivity contribution in [1.29, 1.82) is 0 Å². The van der Waals surface area contributed by atoms with Crippen molar-refractivity contribution in [2.24, 2.45) is 0 Å². The molecule has 0 saturated heterocycles. The largest absolute Gasteiger partial charge is 0.482 e. The summed E-state index contributed by atoms with van der Waals surface area (Å²) in [5, 5.41) is 0. The minimum absolute atomic E-state index is 0.317. The van der Waals surface area contributed by atoms with Crippen LogP contribution in [-0.2, 0) is 6.32 Å². The van der Waals surface area contributed by atoms with Gasteiger partial charge in [0.2, 0.25) is 0 Å². The number of hydrogen-bond acceptors (Lipinski definition) is 0. The third-order valence-corrected chi connectivity index (χ3v) is 2.53. The molecular formula is C13H11BF3-. The highest BCUT2D eigenvalue weighted by Gasteiger charge is 2.22. The van der Waals surface area contributed by atoms with Gasteiger partial charge in [0, 0.05) is 0 Å². The van der Waals surface area contributed by atoms with Gasteiger partial charge in [0.1, 0.15) is 0 Å². The molecule has 0 radical (unpaired) electrons. The zero-order chi connectivity index (χ0) is 12.3. The van der Waals surface area contributed by atoms with Crippen LogP contribution in [0.1, 0.15) is 5.56 Å². The molecule has 2 aromatic rings. The van der Waals surface area contributed by atoms with Gasteiger partial charge in [0.25, 0.3) is 0 Å². The molecule has 0 atom stereocenters. The Labute approximate surface area is 98.2 Å². The molecule has 2 aromatic carbocycles. The monoisotopic (exact) mass is 235 g/mol. The smallest absolute Gasteiger partial charge is 0.449 e. The molecule has 0 spiro atoms. The van der Waals surface area contributed by atoms with Crippen molar-refractivity contribution in [2.45, 2.75) is 6.32 Å². The first kappa shape index (κ1) is 11.8. The minimum atomic E-state index is -4.75. The molecule has 0 N–H and O–H groups in total. The van der Waals surface area contributed by atoms with Gasteiger partial charge >= 0.3 is 6.98 Å². The Morgan fingerprint density at radius 3 is 1.76 bits per heavy atom. The van der Waals surface area contributed by atoms with E-state index in [9.17, 15) is 12.9 Å². The third-order valence-electron chi connectivity index (χ3n) is 2.53. The van der Waals surface area contributed by atoms with Gasteiger partial charge in [-0.15, -0.1) is 0 Å². The van der Waals surface area contributed by atoms with Crippen LogP contribution in [-0.4, -0.2) is 6.98 Å². The maximum atomic E-state index is 12.2. The van der Waals surface area contributed by atoms with Crippen molar-refractivity contribution in [2.75, 3.05) is 0 Å². The van der Waals surface area contributed by atoms with E-state index >= 15 is 0 Å². The Hall–Kier alpha value is -1.71. The van der Waals surface area contributed by atoms with Crippen LogP contribution < -0.4 is 0 Å². The standard InChI is InChI=1S/C13H11BF3/c15-14(16,17)10-11-6-8-13(9-7-11)12-4-2-1-3-5-12/h1-9H,10H2/q-1. The van der Waals surface area contributed by atoms with Crippen LogP contribution in [0.2, 0.25) is 0 Å². The van der Waals surface area contributed by atoms with Gasteiger partial charge in [-0.3, -0.25) is 0 Å². The summed E-state index contributed by atoms with van der Waals surface area (Å²) in [6.45, 7) is -4.75. The normalized spacial score (nSPS) is 11.5. The predicted molar refractivity (Wildman–Crippen MR) is 64.7 cm³/mol. The average molecular weight is 235 g/mol. The highest BCUT2D eigenvalue weighted by molar-refractivity contribution is 6.57. The SMILES string of the molecule is F[B-](F)(F)Cc1ccc(-c2ccccc2)cc1. The molecule has 88 valence electrons. The van der Waals surface area contributed by atoms with Gasteiger partial charge in [-0.25, -0.2) is 0 Å². The van der Waals surface area contributed by atoms with Gasteiger partial charge in [-0.2, -0.15) is 0 Å². The van der Waals surface area contributed by atoms with Crippen molar-refractivity contribution >= 4 is 6.98 Å². The topological polar surface area (TPSA) is 0 Å². The summed E-state index contributed by atoms with van der Waals surface area (Å²) in [5.74, 6) is 0. The molecule has 0 aliphatic heterocycles. The molecular weight excluding hydrogens is 224 g/mol. The summed E-state index contributed by atoms with van der Waals surface area (Å²) in [7, 11) is 0. The Bertz CT molecular complexity index is 474. The predicted octanol–water partition coefficient (Wildman–Crippen LogP) is 4.28. The molecule has 0 heterocycles. The van der Waals surface area contributed by atoms with Crippen LogP contribution in [0.15, 0.2) is 54.6 Å². The Morgan fingerprint density at radius 1 is 0.706 bits per heavy atom. The Morgan fingerprint density at radius 2 is 1.24 bits per heavy atom. The first-order valence-corrected chi connectivity index (χ1v) is 5.40. The highest BCUT2D eigenvalue weighted by atomic mass is 19.4. The summed E-state index contributed by atoms with van der Waals surface area (Å²) in [4.78, 5) is 0. The van der Waals surface area contributed by atoms with E-state index in [1.54, 1.807) is 12.1 Å². The fraction of sp³-hybridized carbons (Fsp3) is 0.0769. The van der Waals surface area contributed by atoms with Crippen molar-refractivity contribution in [3.8, 4) is 11.1 Å². The lowest BCUT2D eigenvalue weighted by atomic mass is 9.81. The molecule has 0 aliphatic carbocycles. The van der Waals surface area contributed by atoms with E-state index in [0.717, 1.165) is 11.1 Å². The van der Waals surface area contributed by atoms with Gasteiger partial charge in [-0.1, -0.05) is 66.5 Å². The molecule has 0 bridgehead atoms. The fourth-order valence-corrected chi connectivity index (χ4v) is 1.73. The molecule has 0 nitrogen and oxygen atoms in total. The van der Waals surface area contributed by atoms with Crippen molar-refractivity contribution in [3.63, 3.8) is 0 Å². The highest BCUT2D eigenvalue weighted by Crippen LogP contribution is 2.21. The maximum Gasteiger partial charge on any atom is 0.482 e. The van der Waals surface area contributed by atoms with Crippen LogP contribution >= 0.6 is 0 Å². The molecule has 17 heavy (non-hydrogen) atoms. The van der Waals surface area contributed by atoms with Gasteiger partial charge in [0.05, 0.1) is 0 Å². The number of rotatable bonds is 3. The zero-order valence-corrected chi connectivity index (χ0v) is 9.11. The molecule has 0 aromatic heterocycles. The maximum absolute atomic E-state index is 12.2.